The summed E-state index contributed by atoms with van der Waals surface area (Å²) >= 11 is 3.42. The second-order valence-electron chi connectivity index (χ2n) is 5.86. The number of hydrogen-bond donors (Lipinski definition) is 1. The highest BCUT2D eigenvalue weighted by atomic mass is 79.9. The van der Waals surface area contributed by atoms with Gasteiger partial charge in [-0.1, -0.05) is 0 Å². The van der Waals surface area contributed by atoms with Crippen LogP contribution < -0.4 is 10.1 Å². The van der Waals surface area contributed by atoms with Gasteiger partial charge in [-0.15, -0.1) is 0 Å². The molecule has 5 heteroatoms. The first-order valence-corrected chi connectivity index (χ1v) is 8.35. The zero-order chi connectivity index (χ0) is 14.8. The van der Waals surface area contributed by atoms with Crippen molar-refractivity contribution in [2.75, 3.05) is 20.2 Å². The maximum atomic E-state index is 12.3. The first-order valence-electron chi connectivity index (χ1n) is 7.56. The van der Waals surface area contributed by atoms with Gasteiger partial charge in [0.2, 0.25) is 0 Å². The molecule has 4 nitrogen and oxygen atoms in total. The lowest BCUT2D eigenvalue weighted by molar-refractivity contribution is 0.0909. The zero-order valence-corrected chi connectivity index (χ0v) is 13.9. The van der Waals surface area contributed by atoms with Crippen LogP contribution in [0.4, 0.5) is 0 Å². The van der Waals surface area contributed by atoms with Crippen molar-refractivity contribution in [2.24, 2.45) is 0 Å². The van der Waals surface area contributed by atoms with Crippen LogP contribution in [0.1, 0.15) is 36.0 Å². The zero-order valence-electron chi connectivity index (χ0n) is 12.3. The van der Waals surface area contributed by atoms with Crippen LogP contribution in [-0.4, -0.2) is 43.1 Å². The third kappa shape index (κ3) is 3.58. The number of likely N-dealkylation sites (tertiary alicyclic amines) is 1. The Hall–Kier alpha value is -1.07. The number of carbonyl (C=O) groups is 1. The molecule has 0 aromatic heterocycles. The molecule has 0 radical (unpaired) electrons. The molecule has 1 amide bonds. The summed E-state index contributed by atoms with van der Waals surface area (Å²) < 4.78 is 5.99. The van der Waals surface area contributed by atoms with Gasteiger partial charge in [-0.25, -0.2) is 0 Å². The van der Waals surface area contributed by atoms with Gasteiger partial charge >= 0.3 is 0 Å². The van der Waals surface area contributed by atoms with Crippen molar-refractivity contribution in [2.45, 2.75) is 37.8 Å². The predicted octanol–water partition coefficient (Wildman–Crippen LogP) is 2.81. The Morgan fingerprint density at radius 3 is 2.57 bits per heavy atom. The fourth-order valence-corrected chi connectivity index (χ4v) is 3.47. The minimum atomic E-state index is 0.00299. The van der Waals surface area contributed by atoms with Crippen LogP contribution in [0.2, 0.25) is 0 Å². The molecule has 1 saturated heterocycles. The topological polar surface area (TPSA) is 41.6 Å². The van der Waals surface area contributed by atoms with Crippen molar-refractivity contribution >= 4 is 21.8 Å². The number of benzene rings is 1. The van der Waals surface area contributed by atoms with Gasteiger partial charge < -0.3 is 15.0 Å². The molecule has 21 heavy (non-hydrogen) atoms. The Morgan fingerprint density at radius 1 is 1.29 bits per heavy atom. The number of ether oxygens (including phenoxy) is 1. The van der Waals surface area contributed by atoms with E-state index in [1.807, 2.05) is 12.1 Å². The molecule has 1 aromatic carbocycles. The summed E-state index contributed by atoms with van der Waals surface area (Å²) in [5, 5.41) is 3.15. The van der Waals surface area contributed by atoms with Crippen molar-refractivity contribution in [3.8, 4) is 5.75 Å². The molecule has 1 aliphatic carbocycles. The van der Waals surface area contributed by atoms with Crippen LogP contribution in [0.5, 0.6) is 5.75 Å². The minimum absolute atomic E-state index is 0.00299. The molecule has 1 saturated carbocycles. The molecule has 0 spiro atoms. The van der Waals surface area contributed by atoms with Gasteiger partial charge in [0.1, 0.15) is 5.75 Å². The molecule has 1 aliphatic heterocycles. The monoisotopic (exact) mass is 352 g/mol. The van der Waals surface area contributed by atoms with Crippen molar-refractivity contribution in [3.05, 3.63) is 28.2 Å². The molecular weight excluding hydrogens is 332 g/mol. The first kappa shape index (κ1) is 14.9. The fourth-order valence-electron chi connectivity index (χ4n) is 2.92. The molecule has 2 fully saturated rings. The molecule has 0 bridgehead atoms. The highest BCUT2D eigenvalue weighted by molar-refractivity contribution is 9.10. The lowest BCUT2D eigenvalue weighted by Gasteiger charge is -2.32. The molecule has 1 aromatic rings. The summed E-state index contributed by atoms with van der Waals surface area (Å²) in [6.07, 6.45) is 4.83. The first-order chi connectivity index (χ1) is 10.2. The molecule has 1 heterocycles. The number of rotatable bonds is 4. The van der Waals surface area contributed by atoms with E-state index >= 15 is 0 Å². The summed E-state index contributed by atoms with van der Waals surface area (Å²) in [5.41, 5.74) is 0.673. The van der Waals surface area contributed by atoms with Gasteiger partial charge in [0, 0.05) is 30.7 Å². The Kier molecular flexibility index (Phi) is 4.50. The molecule has 1 N–H and O–H groups in total. The van der Waals surface area contributed by atoms with E-state index in [2.05, 4.69) is 26.1 Å². The number of hydrogen-bond acceptors (Lipinski definition) is 3. The Balaban J connectivity index is 1.55. The average molecular weight is 353 g/mol. The Labute approximate surface area is 134 Å². The standard InChI is InChI=1S/C16H21BrN2O2/c1-21-15-5-2-11(10-14(15)17)16(20)18-12-6-8-19(9-7-12)13-3-4-13/h2,5,10,12-13H,3-4,6-9H2,1H3,(H,18,20). The highest BCUT2D eigenvalue weighted by Crippen LogP contribution is 2.29. The van der Waals surface area contributed by atoms with Gasteiger partial charge in [-0.2, -0.15) is 0 Å². The van der Waals surface area contributed by atoms with Gasteiger partial charge in [0.15, 0.2) is 0 Å². The normalized spacial score (nSPS) is 20.3. The van der Waals surface area contributed by atoms with E-state index in [1.54, 1.807) is 13.2 Å². The summed E-state index contributed by atoms with van der Waals surface area (Å²) in [5.74, 6) is 0.743. The largest absolute Gasteiger partial charge is 0.496 e. The van der Waals surface area contributed by atoms with Gasteiger partial charge in [-0.3, -0.25) is 4.79 Å². The van der Waals surface area contributed by atoms with Crippen LogP contribution in [0.25, 0.3) is 0 Å². The van der Waals surface area contributed by atoms with Crippen molar-refractivity contribution in [1.82, 2.24) is 10.2 Å². The number of nitrogens with one attached hydrogen (secondary N) is 1. The smallest absolute Gasteiger partial charge is 0.251 e. The van der Waals surface area contributed by atoms with E-state index in [-0.39, 0.29) is 5.91 Å². The second kappa shape index (κ2) is 6.36. The number of amides is 1. The van der Waals surface area contributed by atoms with Crippen LogP contribution in [-0.2, 0) is 0 Å². The molecule has 2 aliphatic rings. The second-order valence-corrected chi connectivity index (χ2v) is 6.72. The lowest BCUT2D eigenvalue weighted by Crippen LogP contribution is -2.45. The lowest BCUT2D eigenvalue weighted by atomic mass is 10.0. The summed E-state index contributed by atoms with van der Waals surface area (Å²) in [4.78, 5) is 14.9. The molecule has 0 unspecified atom stereocenters. The summed E-state index contributed by atoms with van der Waals surface area (Å²) in [7, 11) is 1.62. The van der Waals surface area contributed by atoms with Gasteiger partial charge in [-0.05, 0) is 59.8 Å². The average Bonchev–Trinajstić information content (AvgIpc) is 3.32. The van der Waals surface area contributed by atoms with E-state index in [9.17, 15) is 4.79 Å². The number of nitrogens with zero attached hydrogens (tertiary/aromatic N) is 1. The quantitative estimate of drug-likeness (QED) is 0.905. The number of piperidine rings is 1. The van der Waals surface area contributed by atoms with E-state index in [0.29, 0.717) is 11.6 Å². The summed E-state index contributed by atoms with van der Waals surface area (Å²) in [6.45, 7) is 2.23. The van der Waals surface area contributed by atoms with E-state index < -0.39 is 0 Å². The van der Waals surface area contributed by atoms with Crippen LogP contribution in [0, 0.1) is 0 Å². The molecule has 0 atom stereocenters. The van der Waals surface area contributed by atoms with Crippen molar-refractivity contribution in [1.29, 1.82) is 0 Å². The third-order valence-corrected chi connectivity index (χ3v) is 4.96. The van der Waals surface area contributed by atoms with Crippen molar-refractivity contribution in [3.63, 3.8) is 0 Å². The van der Waals surface area contributed by atoms with Crippen molar-refractivity contribution < 1.29 is 9.53 Å². The van der Waals surface area contributed by atoms with Crippen LogP contribution in [0.3, 0.4) is 0 Å². The Bertz CT molecular complexity index is 523. The maximum absolute atomic E-state index is 12.3. The SMILES string of the molecule is COc1ccc(C(=O)NC2CCN(C3CC3)CC2)cc1Br. The molecule has 3 rings (SSSR count). The summed E-state index contributed by atoms with van der Waals surface area (Å²) in [6, 6.07) is 6.56. The van der Waals surface area contributed by atoms with Crippen LogP contribution >= 0.6 is 15.9 Å². The van der Waals surface area contributed by atoms with Gasteiger partial charge in [0.25, 0.3) is 5.91 Å². The van der Waals surface area contributed by atoms with Gasteiger partial charge in [0.05, 0.1) is 11.6 Å². The fraction of sp³-hybridized carbons (Fsp3) is 0.562. The van der Waals surface area contributed by atoms with E-state index in [0.717, 1.165) is 42.2 Å². The van der Waals surface area contributed by atoms with E-state index in [1.165, 1.54) is 12.8 Å². The minimum Gasteiger partial charge on any atom is -0.496 e. The van der Waals surface area contributed by atoms with Crippen LogP contribution in [0.15, 0.2) is 22.7 Å². The predicted molar refractivity (Wildman–Crippen MR) is 85.8 cm³/mol. The van der Waals surface area contributed by atoms with E-state index in [4.69, 9.17) is 4.74 Å². The molecule has 114 valence electrons. The third-order valence-electron chi connectivity index (χ3n) is 4.34. The highest BCUT2D eigenvalue weighted by Gasteiger charge is 2.32. The molecular formula is C16H21BrN2O2. The maximum Gasteiger partial charge on any atom is 0.251 e. The number of halogens is 1. The number of methoxy groups -OCH3 is 1. The Morgan fingerprint density at radius 2 is 2.00 bits per heavy atom. The number of carbonyl (C=O) groups excluding carboxylic acids is 1.